The van der Waals surface area contributed by atoms with Gasteiger partial charge in [-0.1, -0.05) is 36.4 Å². The molecule has 3 rings (SSSR count). The minimum Gasteiger partial charge on any atom is -0.488 e. The average molecular weight is 426 g/mol. The van der Waals surface area contributed by atoms with Crippen LogP contribution in [-0.2, 0) is 29.2 Å². The molecule has 0 saturated carbocycles. The highest BCUT2D eigenvalue weighted by atomic mass is 16.5. The second-order valence-electron chi connectivity index (χ2n) is 8.17. The molecular formula is C25H35N3O3. The largest absolute Gasteiger partial charge is 0.488 e. The zero-order valence-corrected chi connectivity index (χ0v) is 19.1. The summed E-state index contributed by atoms with van der Waals surface area (Å²) in [7, 11) is 1.78. The Bertz CT molecular complexity index is 861. The molecule has 1 fully saturated rings. The van der Waals surface area contributed by atoms with Crippen molar-refractivity contribution < 1.29 is 14.2 Å². The molecule has 0 radical (unpaired) electrons. The van der Waals surface area contributed by atoms with Crippen LogP contribution in [0, 0.1) is 6.92 Å². The fourth-order valence-corrected chi connectivity index (χ4v) is 3.38. The Morgan fingerprint density at radius 1 is 1.13 bits per heavy atom. The van der Waals surface area contributed by atoms with Crippen LogP contribution in [-0.4, -0.2) is 38.4 Å². The third-order valence-corrected chi connectivity index (χ3v) is 5.11. The molecule has 1 atom stereocenters. The molecule has 2 aromatic rings. The normalized spacial score (nSPS) is 16.5. The van der Waals surface area contributed by atoms with Gasteiger partial charge < -0.3 is 24.8 Å². The monoisotopic (exact) mass is 425 g/mol. The SMILES string of the molecule is CN=C(NCc1cccc(COC(C)C)c1)NCc1ccc(C)cc1OC1CCOC1. The summed E-state index contributed by atoms with van der Waals surface area (Å²) in [5.74, 6) is 1.66. The number of nitrogens with one attached hydrogen (secondary N) is 2. The Morgan fingerprint density at radius 3 is 2.68 bits per heavy atom. The summed E-state index contributed by atoms with van der Waals surface area (Å²) in [5.41, 5.74) is 4.65. The van der Waals surface area contributed by atoms with Crippen LogP contribution in [0.4, 0.5) is 0 Å². The first-order valence-electron chi connectivity index (χ1n) is 11.0. The van der Waals surface area contributed by atoms with Gasteiger partial charge in [-0.25, -0.2) is 0 Å². The molecule has 31 heavy (non-hydrogen) atoms. The third kappa shape index (κ3) is 7.56. The van der Waals surface area contributed by atoms with Crippen LogP contribution >= 0.6 is 0 Å². The first-order valence-corrected chi connectivity index (χ1v) is 11.0. The van der Waals surface area contributed by atoms with E-state index in [9.17, 15) is 0 Å². The van der Waals surface area contributed by atoms with Crippen LogP contribution in [0.3, 0.4) is 0 Å². The van der Waals surface area contributed by atoms with E-state index in [1.165, 1.54) is 16.7 Å². The second kappa shape index (κ2) is 11.7. The molecule has 1 aliphatic heterocycles. The average Bonchev–Trinajstić information content (AvgIpc) is 3.27. The van der Waals surface area contributed by atoms with Gasteiger partial charge in [-0.2, -0.15) is 0 Å². The minimum atomic E-state index is 0.130. The van der Waals surface area contributed by atoms with Crippen molar-refractivity contribution >= 4 is 5.96 Å². The van der Waals surface area contributed by atoms with Crippen molar-refractivity contribution in [1.29, 1.82) is 0 Å². The lowest BCUT2D eigenvalue weighted by Gasteiger charge is -2.18. The summed E-state index contributed by atoms with van der Waals surface area (Å²) >= 11 is 0. The van der Waals surface area contributed by atoms with Crippen molar-refractivity contribution in [2.24, 2.45) is 4.99 Å². The van der Waals surface area contributed by atoms with E-state index in [-0.39, 0.29) is 12.2 Å². The molecule has 0 spiro atoms. The minimum absolute atomic E-state index is 0.130. The highest BCUT2D eigenvalue weighted by Crippen LogP contribution is 2.23. The van der Waals surface area contributed by atoms with E-state index in [0.29, 0.717) is 26.3 Å². The molecule has 0 bridgehead atoms. The predicted octanol–water partition coefficient (Wildman–Crippen LogP) is 3.95. The Balaban J connectivity index is 1.54. The Labute approximate surface area is 186 Å². The Hall–Kier alpha value is -2.57. The maximum Gasteiger partial charge on any atom is 0.191 e. The number of rotatable bonds is 9. The molecule has 0 aromatic heterocycles. The Morgan fingerprint density at radius 2 is 1.94 bits per heavy atom. The summed E-state index contributed by atoms with van der Waals surface area (Å²) in [5, 5.41) is 6.79. The van der Waals surface area contributed by atoms with Gasteiger partial charge in [0.1, 0.15) is 11.9 Å². The lowest BCUT2D eigenvalue weighted by molar-refractivity contribution is 0.0657. The fourth-order valence-electron chi connectivity index (χ4n) is 3.38. The standard InChI is InChI=1S/C25H35N3O3/c1-18(2)30-16-21-7-5-6-20(13-21)14-27-25(26-4)28-15-22-9-8-19(3)12-24(22)31-23-10-11-29-17-23/h5-9,12-13,18,23H,10-11,14-17H2,1-4H3,(H2,26,27,28). The van der Waals surface area contributed by atoms with Crippen LogP contribution in [0.5, 0.6) is 5.75 Å². The highest BCUT2D eigenvalue weighted by molar-refractivity contribution is 5.79. The summed E-state index contributed by atoms with van der Waals surface area (Å²) in [4.78, 5) is 4.36. The molecule has 1 aliphatic rings. The second-order valence-corrected chi connectivity index (χ2v) is 8.17. The lowest BCUT2D eigenvalue weighted by Crippen LogP contribution is -2.36. The molecular weight excluding hydrogens is 390 g/mol. The molecule has 6 nitrogen and oxygen atoms in total. The van der Waals surface area contributed by atoms with Gasteiger partial charge >= 0.3 is 0 Å². The van der Waals surface area contributed by atoms with Crippen molar-refractivity contribution in [2.45, 2.75) is 59.1 Å². The van der Waals surface area contributed by atoms with E-state index in [2.05, 4.69) is 65.0 Å². The van der Waals surface area contributed by atoms with E-state index < -0.39 is 0 Å². The summed E-state index contributed by atoms with van der Waals surface area (Å²) in [6.07, 6.45) is 1.29. The molecule has 2 N–H and O–H groups in total. The van der Waals surface area contributed by atoms with Crippen LogP contribution in [0.2, 0.25) is 0 Å². The van der Waals surface area contributed by atoms with E-state index in [0.717, 1.165) is 30.3 Å². The number of hydrogen-bond donors (Lipinski definition) is 2. The quantitative estimate of drug-likeness (QED) is 0.470. The third-order valence-electron chi connectivity index (χ3n) is 5.11. The highest BCUT2D eigenvalue weighted by Gasteiger charge is 2.18. The molecule has 0 amide bonds. The first kappa shape index (κ1) is 23.1. The number of guanidine groups is 1. The van der Waals surface area contributed by atoms with E-state index >= 15 is 0 Å². The number of hydrogen-bond acceptors (Lipinski definition) is 4. The number of aryl methyl sites for hydroxylation is 1. The van der Waals surface area contributed by atoms with Crippen LogP contribution in [0.1, 0.15) is 42.5 Å². The van der Waals surface area contributed by atoms with Gasteiger partial charge in [-0.05, 0) is 43.5 Å². The van der Waals surface area contributed by atoms with Crippen molar-refractivity contribution in [2.75, 3.05) is 20.3 Å². The van der Waals surface area contributed by atoms with Crippen molar-refractivity contribution in [3.8, 4) is 5.75 Å². The smallest absolute Gasteiger partial charge is 0.191 e. The Kier molecular flexibility index (Phi) is 8.74. The van der Waals surface area contributed by atoms with Crippen molar-refractivity contribution in [1.82, 2.24) is 10.6 Å². The van der Waals surface area contributed by atoms with E-state index in [1.54, 1.807) is 7.05 Å². The number of aliphatic imine (C=N–C) groups is 1. The summed E-state index contributed by atoms with van der Waals surface area (Å²) in [6.45, 7) is 9.55. The van der Waals surface area contributed by atoms with Gasteiger partial charge in [0.15, 0.2) is 5.96 Å². The number of benzene rings is 2. The lowest BCUT2D eigenvalue weighted by atomic mass is 10.1. The fraction of sp³-hybridized carbons (Fsp3) is 0.480. The maximum absolute atomic E-state index is 6.20. The van der Waals surface area contributed by atoms with Crippen LogP contribution < -0.4 is 15.4 Å². The number of ether oxygens (including phenoxy) is 3. The van der Waals surface area contributed by atoms with E-state index in [1.807, 2.05) is 13.8 Å². The topological polar surface area (TPSA) is 64.1 Å². The zero-order valence-electron chi connectivity index (χ0n) is 19.1. The molecule has 168 valence electrons. The molecule has 2 aromatic carbocycles. The van der Waals surface area contributed by atoms with Gasteiger partial charge in [-0.15, -0.1) is 0 Å². The zero-order chi connectivity index (χ0) is 22.1. The predicted molar refractivity (Wildman–Crippen MR) is 124 cm³/mol. The molecule has 6 heteroatoms. The van der Waals surface area contributed by atoms with Gasteiger partial charge in [-0.3, -0.25) is 4.99 Å². The molecule has 1 heterocycles. The van der Waals surface area contributed by atoms with Crippen molar-refractivity contribution in [3.63, 3.8) is 0 Å². The summed E-state index contributed by atoms with van der Waals surface area (Å²) in [6, 6.07) is 14.7. The van der Waals surface area contributed by atoms with Crippen LogP contribution in [0.25, 0.3) is 0 Å². The van der Waals surface area contributed by atoms with Gasteiger partial charge in [0.2, 0.25) is 0 Å². The summed E-state index contributed by atoms with van der Waals surface area (Å²) < 4.78 is 17.4. The van der Waals surface area contributed by atoms with Gasteiger partial charge in [0, 0.05) is 32.1 Å². The maximum atomic E-state index is 6.20. The first-order chi connectivity index (χ1) is 15.0. The van der Waals surface area contributed by atoms with Gasteiger partial charge in [0.25, 0.3) is 0 Å². The van der Waals surface area contributed by atoms with Crippen molar-refractivity contribution in [3.05, 3.63) is 64.7 Å². The number of nitrogens with zero attached hydrogens (tertiary/aromatic N) is 1. The van der Waals surface area contributed by atoms with Gasteiger partial charge in [0.05, 0.1) is 25.9 Å². The molecule has 1 unspecified atom stereocenters. The van der Waals surface area contributed by atoms with Crippen LogP contribution in [0.15, 0.2) is 47.5 Å². The molecule has 0 aliphatic carbocycles. The van der Waals surface area contributed by atoms with E-state index in [4.69, 9.17) is 14.2 Å². The molecule has 1 saturated heterocycles.